The quantitative estimate of drug-likeness (QED) is 0.761. The average Bonchev–Trinajstić information content (AvgIpc) is 2.99. The lowest BCUT2D eigenvalue weighted by Crippen LogP contribution is -2.12. The van der Waals surface area contributed by atoms with Gasteiger partial charge in [0.15, 0.2) is 0 Å². The summed E-state index contributed by atoms with van der Waals surface area (Å²) in [5.74, 6) is 0. The van der Waals surface area contributed by atoms with Gasteiger partial charge in [-0.3, -0.25) is 0 Å². The van der Waals surface area contributed by atoms with Gasteiger partial charge in [-0.05, 0) is 24.3 Å². The number of benzene rings is 2. The summed E-state index contributed by atoms with van der Waals surface area (Å²) in [4.78, 5) is 0.0408. The molecule has 6 nitrogen and oxygen atoms in total. The molecule has 0 amide bonds. The van der Waals surface area contributed by atoms with Gasteiger partial charge < -0.3 is 5.11 Å². The summed E-state index contributed by atoms with van der Waals surface area (Å²) in [6, 6.07) is 15.6. The van der Waals surface area contributed by atoms with E-state index in [0.717, 1.165) is 5.56 Å². The summed E-state index contributed by atoms with van der Waals surface area (Å²) in [5, 5.41) is 19.1. The summed E-state index contributed by atoms with van der Waals surface area (Å²) >= 11 is 0. The lowest BCUT2D eigenvalue weighted by atomic mass is 10.1. The first-order chi connectivity index (χ1) is 11.0. The summed E-state index contributed by atoms with van der Waals surface area (Å²) in [6.45, 7) is -0.139. The van der Waals surface area contributed by atoms with Gasteiger partial charge in [-0.25, -0.2) is 18.2 Å². The Labute approximate surface area is 133 Å². The van der Waals surface area contributed by atoms with E-state index in [9.17, 15) is 13.5 Å². The summed E-state index contributed by atoms with van der Waals surface area (Å²) in [7, 11) is -3.72. The van der Waals surface area contributed by atoms with Crippen molar-refractivity contribution in [2.75, 3.05) is 0 Å². The van der Waals surface area contributed by atoms with Crippen LogP contribution in [0.4, 0.5) is 0 Å². The van der Waals surface area contributed by atoms with Crippen molar-refractivity contribution in [1.82, 2.24) is 9.78 Å². The highest BCUT2D eigenvalue weighted by Crippen LogP contribution is 2.23. The first-order valence-electron chi connectivity index (χ1n) is 6.87. The molecule has 0 aliphatic heterocycles. The molecule has 118 valence electrons. The molecule has 3 aromatic rings. The van der Waals surface area contributed by atoms with Crippen LogP contribution >= 0.6 is 0 Å². The van der Waals surface area contributed by atoms with Gasteiger partial charge in [0.1, 0.15) is 0 Å². The Morgan fingerprint density at radius 1 is 1.04 bits per heavy atom. The van der Waals surface area contributed by atoms with Gasteiger partial charge >= 0.3 is 0 Å². The van der Waals surface area contributed by atoms with Crippen molar-refractivity contribution in [3.05, 3.63) is 66.4 Å². The van der Waals surface area contributed by atoms with Crippen LogP contribution in [0.25, 0.3) is 16.9 Å². The van der Waals surface area contributed by atoms with Gasteiger partial charge in [0.2, 0.25) is 10.0 Å². The highest BCUT2D eigenvalue weighted by molar-refractivity contribution is 7.89. The van der Waals surface area contributed by atoms with Crippen molar-refractivity contribution >= 4 is 10.0 Å². The second-order valence-corrected chi connectivity index (χ2v) is 6.57. The Kier molecular flexibility index (Phi) is 3.99. The van der Waals surface area contributed by atoms with E-state index in [0.29, 0.717) is 16.9 Å². The van der Waals surface area contributed by atoms with Crippen molar-refractivity contribution in [2.24, 2.45) is 5.14 Å². The lowest BCUT2D eigenvalue weighted by molar-refractivity contribution is 0.282. The molecule has 7 heteroatoms. The van der Waals surface area contributed by atoms with Crippen LogP contribution in [0.5, 0.6) is 0 Å². The van der Waals surface area contributed by atoms with Crippen LogP contribution in [0.1, 0.15) is 5.56 Å². The van der Waals surface area contributed by atoms with E-state index < -0.39 is 10.0 Å². The highest BCUT2D eigenvalue weighted by Gasteiger charge is 2.12. The minimum atomic E-state index is -3.72. The number of aliphatic hydroxyl groups excluding tert-OH is 1. The van der Waals surface area contributed by atoms with Gasteiger partial charge in [-0.1, -0.05) is 30.3 Å². The van der Waals surface area contributed by atoms with Gasteiger partial charge in [-0.2, -0.15) is 5.10 Å². The highest BCUT2D eigenvalue weighted by atomic mass is 32.2. The molecule has 0 aliphatic carbocycles. The predicted molar refractivity (Wildman–Crippen MR) is 86.3 cm³/mol. The standard InChI is InChI=1S/C16H15N3O3S/c17-23(21,22)15-8-6-14(7-9-15)19-10-13(11-20)16(18-19)12-4-2-1-3-5-12/h1-10,20H,11H2,(H2,17,21,22). The fourth-order valence-electron chi connectivity index (χ4n) is 2.29. The summed E-state index contributed by atoms with van der Waals surface area (Å²) in [5.41, 5.74) is 2.95. The molecule has 0 saturated heterocycles. The first-order valence-corrected chi connectivity index (χ1v) is 8.42. The number of primary sulfonamides is 1. The van der Waals surface area contributed by atoms with E-state index in [-0.39, 0.29) is 11.5 Å². The Morgan fingerprint density at radius 3 is 2.26 bits per heavy atom. The Balaban J connectivity index is 2.03. The van der Waals surface area contributed by atoms with E-state index in [1.54, 1.807) is 23.0 Å². The van der Waals surface area contributed by atoms with Crippen molar-refractivity contribution < 1.29 is 13.5 Å². The van der Waals surface area contributed by atoms with Crippen LogP contribution in [0.15, 0.2) is 65.7 Å². The second-order valence-electron chi connectivity index (χ2n) is 5.01. The molecule has 1 heterocycles. The summed E-state index contributed by atoms with van der Waals surface area (Å²) < 4.78 is 24.2. The molecular weight excluding hydrogens is 314 g/mol. The van der Waals surface area contributed by atoms with E-state index in [4.69, 9.17) is 5.14 Å². The molecule has 0 aliphatic rings. The smallest absolute Gasteiger partial charge is 0.238 e. The minimum Gasteiger partial charge on any atom is -0.392 e. The zero-order chi connectivity index (χ0) is 16.4. The molecule has 0 radical (unpaired) electrons. The monoisotopic (exact) mass is 329 g/mol. The summed E-state index contributed by atoms with van der Waals surface area (Å²) in [6.07, 6.45) is 1.72. The Morgan fingerprint density at radius 2 is 1.70 bits per heavy atom. The van der Waals surface area contributed by atoms with Crippen LogP contribution in [-0.2, 0) is 16.6 Å². The number of hydrogen-bond acceptors (Lipinski definition) is 4. The molecule has 3 N–H and O–H groups in total. The fraction of sp³-hybridized carbons (Fsp3) is 0.0625. The molecule has 0 spiro atoms. The van der Waals surface area contributed by atoms with E-state index in [1.807, 2.05) is 30.3 Å². The van der Waals surface area contributed by atoms with Crippen LogP contribution in [-0.4, -0.2) is 23.3 Å². The van der Waals surface area contributed by atoms with Crippen LogP contribution < -0.4 is 5.14 Å². The van der Waals surface area contributed by atoms with Crippen molar-refractivity contribution in [2.45, 2.75) is 11.5 Å². The SMILES string of the molecule is NS(=O)(=O)c1ccc(-n2cc(CO)c(-c3ccccc3)n2)cc1. The third kappa shape index (κ3) is 3.16. The van der Waals surface area contributed by atoms with Gasteiger partial charge in [0.25, 0.3) is 0 Å². The van der Waals surface area contributed by atoms with Crippen LogP contribution in [0.3, 0.4) is 0 Å². The second kappa shape index (κ2) is 5.96. The molecule has 0 unspecified atom stereocenters. The van der Waals surface area contributed by atoms with Gasteiger partial charge in [0.05, 0.1) is 22.9 Å². The molecule has 2 aromatic carbocycles. The van der Waals surface area contributed by atoms with Crippen LogP contribution in [0, 0.1) is 0 Å². The van der Waals surface area contributed by atoms with E-state index >= 15 is 0 Å². The average molecular weight is 329 g/mol. The van der Waals surface area contributed by atoms with Crippen molar-refractivity contribution in [1.29, 1.82) is 0 Å². The molecule has 0 fully saturated rings. The number of nitrogens with zero attached hydrogens (tertiary/aromatic N) is 2. The number of aliphatic hydroxyl groups is 1. The molecule has 0 bridgehead atoms. The molecule has 1 aromatic heterocycles. The maximum Gasteiger partial charge on any atom is 0.238 e. The number of aromatic nitrogens is 2. The minimum absolute atomic E-state index is 0.0408. The third-order valence-electron chi connectivity index (χ3n) is 3.44. The molecule has 23 heavy (non-hydrogen) atoms. The Hall–Kier alpha value is -2.48. The number of nitrogens with two attached hydrogens (primary N) is 1. The largest absolute Gasteiger partial charge is 0.392 e. The third-order valence-corrected chi connectivity index (χ3v) is 4.37. The normalized spacial score (nSPS) is 11.6. The number of hydrogen-bond donors (Lipinski definition) is 2. The van der Waals surface area contributed by atoms with Gasteiger partial charge in [0, 0.05) is 17.3 Å². The van der Waals surface area contributed by atoms with Crippen molar-refractivity contribution in [3.63, 3.8) is 0 Å². The zero-order valence-corrected chi connectivity index (χ0v) is 12.9. The molecule has 3 rings (SSSR count). The molecular formula is C16H15N3O3S. The maximum atomic E-state index is 11.3. The Bertz CT molecular complexity index is 917. The van der Waals surface area contributed by atoms with Crippen molar-refractivity contribution in [3.8, 4) is 16.9 Å². The van der Waals surface area contributed by atoms with Crippen LogP contribution in [0.2, 0.25) is 0 Å². The maximum absolute atomic E-state index is 11.3. The lowest BCUT2D eigenvalue weighted by Gasteiger charge is -2.03. The first kappa shape index (κ1) is 15.4. The molecule has 0 atom stereocenters. The van der Waals surface area contributed by atoms with Gasteiger partial charge in [-0.15, -0.1) is 0 Å². The number of sulfonamides is 1. The molecule has 0 saturated carbocycles. The van der Waals surface area contributed by atoms with E-state index in [1.165, 1.54) is 12.1 Å². The fourth-order valence-corrected chi connectivity index (χ4v) is 2.80. The number of rotatable bonds is 4. The predicted octanol–water partition coefficient (Wildman–Crippen LogP) is 1.68. The zero-order valence-electron chi connectivity index (χ0n) is 12.1. The topological polar surface area (TPSA) is 98.2 Å². The van der Waals surface area contributed by atoms with E-state index in [2.05, 4.69) is 5.10 Å².